The van der Waals surface area contributed by atoms with Crippen LogP contribution < -0.4 is 5.32 Å². The quantitative estimate of drug-likeness (QED) is 0.742. The molecule has 1 aliphatic heterocycles. The Morgan fingerprint density at radius 1 is 1.44 bits per heavy atom. The van der Waals surface area contributed by atoms with E-state index >= 15 is 0 Å². The third kappa shape index (κ3) is 3.19. The summed E-state index contributed by atoms with van der Waals surface area (Å²) in [7, 11) is 1.78. The van der Waals surface area contributed by atoms with E-state index in [0.29, 0.717) is 12.0 Å². The van der Waals surface area contributed by atoms with Crippen LogP contribution in [0.1, 0.15) is 33.1 Å². The van der Waals surface area contributed by atoms with Crippen molar-refractivity contribution in [3.05, 3.63) is 0 Å². The van der Waals surface area contributed by atoms with E-state index in [0.717, 1.165) is 25.2 Å². The van der Waals surface area contributed by atoms with Crippen LogP contribution in [0.5, 0.6) is 0 Å². The summed E-state index contributed by atoms with van der Waals surface area (Å²) in [5.41, 5.74) is 0. The normalized spacial score (nSPS) is 33.2. The van der Waals surface area contributed by atoms with Crippen molar-refractivity contribution in [1.82, 2.24) is 10.2 Å². The van der Waals surface area contributed by atoms with Crippen LogP contribution in [0.2, 0.25) is 0 Å². The molecule has 1 N–H and O–H groups in total. The predicted molar refractivity (Wildman–Crippen MR) is 66.6 cm³/mol. The molecule has 3 atom stereocenters. The van der Waals surface area contributed by atoms with Crippen LogP contribution in [0.4, 0.5) is 0 Å². The van der Waals surface area contributed by atoms with Crippen LogP contribution in [0.3, 0.4) is 0 Å². The van der Waals surface area contributed by atoms with Crippen LogP contribution in [0.15, 0.2) is 0 Å². The predicted octanol–water partition coefficient (Wildman–Crippen LogP) is 1.48. The maximum absolute atomic E-state index is 5.16. The molecule has 2 aliphatic rings. The highest BCUT2D eigenvalue weighted by molar-refractivity contribution is 4.95. The van der Waals surface area contributed by atoms with E-state index in [9.17, 15) is 0 Å². The zero-order chi connectivity index (χ0) is 11.5. The minimum Gasteiger partial charge on any atom is -0.384 e. The molecule has 1 aliphatic carbocycles. The largest absolute Gasteiger partial charge is 0.384 e. The Morgan fingerprint density at radius 2 is 2.19 bits per heavy atom. The monoisotopic (exact) mass is 226 g/mol. The van der Waals surface area contributed by atoms with Gasteiger partial charge in [-0.15, -0.1) is 0 Å². The van der Waals surface area contributed by atoms with Gasteiger partial charge in [-0.1, -0.05) is 6.92 Å². The van der Waals surface area contributed by atoms with Crippen LogP contribution in [-0.4, -0.2) is 49.8 Å². The Morgan fingerprint density at radius 3 is 2.81 bits per heavy atom. The van der Waals surface area contributed by atoms with Gasteiger partial charge in [-0.2, -0.15) is 0 Å². The second-order valence-electron chi connectivity index (χ2n) is 5.68. The highest BCUT2D eigenvalue weighted by Crippen LogP contribution is 2.33. The SMILES string of the molecule is COCC(C)CNC1CC(C)N(C2CC2)C1. The van der Waals surface area contributed by atoms with E-state index < -0.39 is 0 Å². The lowest BCUT2D eigenvalue weighted by Gasteiger charge is -2.20. The van der Waals surface area contributed by atoms with E-state index in [1.165, 1.54) is 25.8 Å². The molecule has 1 heterocycles. The number of methoxy groups -OCH3 is 1. The molecule has 0 aromatic heterocycles. The van der Waals surface area contributed by atoms with Crippen molar-refractivity contribution >= 4 is 0 Å². The van der Waals surface area contributed by atoms with Gasteiger partial charge in [0.05, 0.1) is 0 Å². The number of nitrogens with one attached hydrogen (secondary N) is 1. The maximum atomic E-state index is 5.16. The van der Waals surface area contributed by atoms with Crippen molar-refractivity contribution in [3.8, 4) is 0 Å². The molecule has 0 aromatic carbocycles. The van der Waals surface area contributed by atoms with Crippen LogP contribution in [-0.2, 0) is 4.74 Å². The Bertz CT molecular complexity index is 218. The van der Waals surface area contributed by atoms with Gasteiger partial charge in [-0.3, -0.25) is 4.90 Å². The number of rotatable bonds is 6. The average molecular weight is 226 g/mol. The van der Waals surface area contributed by atoms with Gasteiger partial charge in [-0.25, -0.2) is 0 Å². The summed E-state index contributed by atoms with van der Waals surface area (Å²) < 4.78 is 5.16. The molecule has 1 saturated carbocycles. The van der Waals surface area contributed by atoms with Crippen molar-refractivity contribution < 1.29 is 4.74 Å². The third-order valence-electron chi connectivity index (χ3n) is 3.85. The van der Waals surface area contributed by atoms with Gasteiger partial charge in [0, 0.05) is 44.9 Å². The van der Waals surface area contributed by atoms with E-state index in [1.807, 2.05) is 0 Å². The zero-order valence-electron chi connectivity index (χ0n) is 10.9. The molecule has 1 saturated heterocycles. The highest BCUT2D eigenvalue weighted by atomic mass is 16.5. The lowest BCUT2D eigenvalue weighted by atomic mass is 10.1. The van der Waals surface area contributed by atoms with Gasteiger partial charge >= 0.3 is 0 Å². The summed E-state index contributed by atoms with van der Waals surface area (Å²) in [6, 6.07) is 2.40. The smallest absolute Gasteiger partial charge is 0.0499 e. The summed E-state index contributed by atoms with van der Waals surface area (Å²) in [5, 5.41) is 3.69. The van der Waals surface area contributed by atoms with Gasteiger partial charge in [0.1, 0.15) is 0 Å². The van der Waals surface area contributed by atoms with Crippen molar-refractivity contribution in [2.24, 2.45) is 5.92 Å². The number of ether oxygens (including phenoxy) is 1. The van der Waals surface area contributed by atoms with Crippen LogP contribution >= 0.6 is 0 Å². The summed E-state index contributed by atoms with van der Waals surface area (Å²) >= 11 is 0. The van der Waals surface area contributed by atoms with Crippen molar-refractivity contribution in [2.75, 3.05) is 26.8 Å². The topological polar surface area (TPSA) is 24.5 Å². The maximum Gasteiger partial charge on any atom is 0.0499 e. The Balaban J connectivity index is 1.67. The minimum absolute atomic E-state index is 0.621. The number of hydrogen-bond acceptors (Lipinski definition) is 3. The van der Waals surface area contributed by atoms with Gasteiger partial charge < -0.3 is 10.1 Å². The first-order chi connectivity index (χ1) is 7.70. The second-order valence-corrected chi connectivity index (χ2v) is 5.68. The first kappa shape index (κ1) is 12.3. The third-order valence-corrected chi connectivity index (χ3v) is 3.85. The lowest BCUT2D eigenvalue weighted by Crippen LogP contribution is -2.36. The van der Waals surface area contributed by atoms with Crippen molar-refractivity contribution in [2.45, 2.75) is 51.2 Å². The first-order valence-corrected chi connectivity index (χ1v) is 6.68. The van der Waals surface area contributed by atoms with E-state index in [-0.39, 0.29) is 0 Å². The number of likely N-dealkylation sites (tertiary alicyclic amines) is 1. The van der Waals surface area contributed by atoms with Crippen molar-refractivity contribution in [1.29, 1.82) is 0 Å². The summed E-state index contributed by atoms with van der Waals surface area (Å²) in [6.45, 7) is 7.82. The van der Waals surface area contributed by atoms with Gasteiger partial charge in [0.2, 0.25) is 0 Å². The molecular weight excluding hydrogens is 200 g/mol. The fourth-order valence-electron chi connectivity index (χ4n) is 2.83. The molecule has 0 radical (unpaired) electrons. The summed E-state index contributed by atoms with van der Waals surface area (Å²) in [6.07, 6.45) is 4.17. The highest BCUT2D eigenvalue weighted by Gasteiger charge is 2.38. The van der Waals surface area contributed by atoms with E-state index in [1.54, 1.807) is 7.11 Å². The Labute approximate surface area is 99.5 Å². The van der Waals surface area contributed by atoms with Crippen LogP contribution in [0, 0.1) is 5.92 Å². The molecule has 2 rings (SSSR count). The Kier molecular flexibility index (Phi) is 4.22. The van der Waals surface area contributed by atoms with Crippen LogP contribution in [0.25, 0.3) is 0 Å². The molecule has 3 unspecified atom stereocenters. The molecule has 0 spiro atoms. The van der Waals surface area contributed by atoms with E-state index in [2.05, 4.69) is 24.1 Å². The number of nitrogens with zero attached hydrogens (tertiary/aromatic N) is 1. The molecule has 16 heavy (non-hydrogen) atoms. The average Bonchev–Trinajstić information content (AvgIpc) is 3.01. The zero-order valence-corrected chi connectivity index (χ0v) is 10.9. The van der Waals surface area contributed by atoms with Crippen molar-refractivity contribution in [3.63, 3.8) is 0 Å². The second kappa shape index (κ2) is 5.48. The standard InChI is InChI=1S/C13H26N2O/c1-10(9-16-3)7-14-12-6-11(2)15(8-12)13-4-5-13/h10-14H,4-9H2,1-3H3. The molecule has 0 bridgehead atoms. The number of hydrogen-bond donors (Lipinski definition) is 1. The molecule has 94 valence electrons. The Hall–Kier alpha value is -0.120. The molecule has 3 heteroatoms. The fraction of sp³-hybridized carbons (Fsp3) is 1.00. The van der Waals surface area contributed by atoms with Gasteiger partial charge in [0.15, 0.2) is 0 Å². The molecule has 0 amide bonds. The van der Waals surface area contributed by atoms with E-state index in [4.69, 9.17) is 4.74 Å². The first-order valence-electron chi connectivity index (χ1n) is 6.68. The lowest BCUT2D eigenvalue weighted by molar-refractivity contribution is 0.156. The molecule has 0 aromatic rings. The summed E-state index contributed by atoms with van der Waals surface area (Å²) in [5.74, 6) is 0.621. The molecule has 3 nitrogen and oxygen atoms in total. The summed E-state index contributed by atoms with van der Waals surface area (Å²) in [4.78, 5) is 2.69. The minimum atomic E-state index is 0.621. The van der Waals surface area contributed by atoms with Gasteiger partial charge in [-0.05, 0) is 32.1 Å². The molecule has 2 fully saturated rings. The molecular formula is C13H26N2O. The fourth-order valence-corrected chi connectivity index (χ4v) is 2.83. The van der Waals surface area contributed by atoms with Gasteiger partial charge in [0.25, 0.3) is 0 Å².